The smallest absolute Gasteiger partial charge is 0.328 e. The Morgan fingerprint density at radius 3 is 2.26 bits per heavy atom. The summed E-state index contributed by atoms with van der Waals surface area (Å²) in [6.07, 6.45) is 0. The second kappa shape index (κ2) is 9.93. The largest absolute Gasteiger partial charge is 0.344 e. The number of carbonyl (C=O) groups is 3. The summed E-state index contributed by atoms with van der Waals surface area (Å²) in [4.78, 5) is 38.3. The lowest BCUT2D eigenvalue weighted by molar-refractivity contribution is -0.136. The lowest BCUT2D eigenvalue weighted by Crippen LogP contribution is -2.39. The van der Waals surface area contributed by atoms with E-state index in [2.05, 4.69) is 32.0 Å². The Balaban J connectivity index is 1.59. The molecular formula is C26H23BrN4O3. The van der Waals surface area contributed by atoms with E-state index < -0.39 is 17.7 Å². The van der Waals surface area contributed by atoms with E-state index in [0.29, 0.717) is 11.2 Å². The fraction of sp³-hybridized carbons (Fsp3) is 0.115. The predicted octanol–water partition coefficient (Wildman–Crippen LogP) is 4.66. The van der Waals surface area contributed by atoms with Gasteiger partial charge in [0, 0.05) is 22.1 Å². The van der Waals surface area contributed by atoms with E-state index in [1.165, 1.54) is 4.68 Å². The highest BCUT2D eigenvalue weighted by Crippen LogP contribution is 2.24. The number of fused-ring (bicyclic) bond motifs is 1. The van der Waals surface area contributed by atoms with Crippen molar-refractivity contribution in [3.63, 3.8) is 0 Å². The van der Waals surface area contributed by atoms with E-state index in [9.17, 15) is 14.4 Å². The van der Waals surface area contributed by atoms with Crippen LogP contribution in [0.2, 0.25) is 0 Å². The molecule has 0 fully saturated rings. The Morgan fingerprint density at radius 2 is 1.56 bits per heavy atom. The molecule has 0 saturated heterocycles. The number of benzene rings is 3. The standard InChI is InChI=1S/C26H23BrN4O3/c1-16-10-17(2)12-21(11-16)29-24(32)23-14-19-13-20(27)8-9-22(19)31(23)30-26(34)25(33)28-15-18-6-4-3-5-7-18/h3-14H,15H2,1-2H3,(H,28,33)(H,29,32)(H,30,34). The number of nitrogens with zero attached hydrogens (tertiary/aromatic N) is 1. The summed E-state index contributed by atoms with van der Waals surface area (Å²) in [5.41, 5.74) is 6.89. The van der Waals surface area contributed by atoms with Gasteiger partial charge in [-0.05, 0) is 66.9 Å². The summed E-state index contributed by atoms with van der Waals surface area (Å²) in [6, 6.07) is 22.1. The molecule has 1 heterocycles. The van der Waals surface area contributed by atoms with Crippen LogP contribution in [-0.4, -0.2) is 22.4 Å². The first-order valence-electron chi connectivity index (χ1n) is 10.6. The first-order valence-corrected chi connectivity index (χ1v) is 11.4. The Hall–Kier alpha value is -3.91. The molecule has 1 aromatic heterocycles. The zero-order chi connectivity index (χ0) is 24.2. The van der Waals surface area contributed by atoms with Crippen molar-refractivity contribution in [2.45, 2.75) is 20.4 Å². The number of hydrogen-bond donors (Lipinski definition) is 3. The van der Waals surface area contributed by atoms with Crippen LogP contribution in [-0.2, 0) is 16.1 Å². The van der Waals surface area contributed by atoms with Crippen molar-refractivity contribution in [2.24, 2.45) is 0 Å². The van der Waals surface area contributed by atoms with Gasteiger partial charge in [-0.1, -0.05) is 52.3 Å². The monoisotopic (exact) mass is 518 g/mol. The molecule has 0 aliphatic rings. The first-order chi connectivity index (χ1) is 16.3. The molecule has 0 spiro atoms. The van der Waals surface area contributed by atoms with Gasteiger partial charge in [0.2, 0.25) is 0 Å². The lowest BCUT2D eigenvalue weighted by atomic mass is 10.1. The van der Waals surface area contributed by atoms with Crippen molar-refractivity contribution in [1.29, 1.82) is 0 Å². The van der Waals surface area contributed by atoms with Crippen molar-refractivity contribution in [3.05, 3.63) is 99.7 Å². The number of amides is 3. The van der Waals surface area contributed by atoms with Gasteiger partial charge in [0.1, 0.15) is 5.69 Å². The summed E-state index contributed by atoms with van der Waals surface area (Å²) < 4.78 is 2.16. The van der Waals surface area contributed by atoms with E-state index >= 15 is 0 Å². The molecule has 172 valence electrons. The topological polar surface area (TPSA) is 92.2 Å². The molecule has 34 heavy (non-hydrogen) atoms. The molecule has 0 radical (unpaired) electrons. The van der Waals surface area contributed by atoms with Gasteiger partial charge in [-0.3, -0.25) is 19.8 Å². The molecule has 0 saturated carbocycles. The maximum absolute atomic E-state index is 13.2. The van der Waals surface area contributed by atoms with E-state index in [-0.39, 0.29) is 12.2 Å². The van der Waals surface area contributed by atoms with Gasteiger partial charge in [-0.25, -0.2) is 4.68 Å². The molecule has 4 aromatic rings. The van der Waals surface area contributed by atoms with Gasteiger partial charge in [-0.15, -0.1) is 0 Å². The zero-order valence-corrected chi connectivity index (χ0v) is 20.3. The van der Waals surface area contributed by atoms with E-state index in [0.717, 1.165) is 26.5 Å². The Kier molecular flexibility index (Phi) is 6.79. The molecule has 3 aromatic carbocycles. The van der Waals surface area contributed by atoms with Crippen LogP contribution >= 0.6 is 15.9 Å². The maximum Gasteiger partial charge on any atom is 0.328 e. The molecule has 0 atom stereocenters. The quantitative estimate of drug-likeness (QED) is 0.335. The third-order valence-corrected chi connectivity index (χ3v) is 5.68. The van der Waals surface area contributed by atoms with Gasteiger partial charge in [-0.2, -0.15) is 0 Å². The predicted molar refractivity (Wildman–Crippen MR) is 136 cm³/mol. The van der Waals surface area contributed by atoms with Crippen molar-refractivity contribution in [2.75, 3.05) is 10.7 Å². The van der Waals surface area contributed by atoms with Crippen LogP contribution in [0.3, 0.4) is 0 Å². The van der Waals surface area contributed by atoms with Crippen LogP contribution in [0, 0.1) is 13.8 Å². The van der Waals surface area contributed by atoms with Crippen LogP contribution in [0.5, 0.6) is 0 Å². The Bertz CT molecular complexity index is 1380. The number of rotatable bonds is 5. The minimum Gasteiger partial charge on any atom is -0.344 e. The zero-order valence-electron chi connectivity index (χ0n) is 18.7. The van der Waals surface area contributed by atoms with Gasteiger partial charge >= 0.3 is 11.8 Å². The molecule has 3 N–H and O–H groups in total. The first kappa shape index (κ1) is 23.3. The number of anilines is 1. The molecular weight excluding hydrogens is 496 g/mol. The highest BCUT2D eigenvalue weighted by molar-refractivity contribution is 9.10. The minimum atomic E-state index is -0.878. The number of carbonyl (C=O) groups excluding carboxylic acids is 3. The van der Waals surface area contributed by atoms with Gasteiger partial charge in [0.15, 0.2) is 0 Å². The molecule has 0 bridgehead atoms. The van der Waals surface area contributed by atoms with Crippen molar-refractivity contribution >= 4 is 50.2 Å². The van der Waals surface area contributed by atoms with Crippen LogP contribution < -0.4 is 16.1 Å². The minimum absolute atomic E-state index is 0.191. The van der Waals surface area contributed by atoms with E-state index in [1.54, 1.807) is 18.2 Å². The average molecular weight is 519 g/mol. The second-order valence-electron chi connectivity index (χ2n) is 8.01. The highest BCUT2D eigenvalue weighted by Gasteiger charge is 2.21. The molecule has 0 aliphatic heterocycles. The summed E-state index contributed by atoms with van der Waals surface area (Å²) in [7, 11) is 0. The highest BCUT2D eigenvalue weighted by atomic mass is 79.9. The molecule has 3 amide bonds. The van der Waals surface area contributed by atoms with Gasteiger partial charge in [0.05, 0.1) is 5.52 Å². The Morgan fingerprint density at radius 1 is 0.853 bits per heavy atom. The number of aryl methyl sites for hydroxylation is 2. The van der Waals surface area contributed by atoms with Crippen LogP contribution in [0.15, 0.2) is 77.3 Å². The molecule has 4 rings (SSSR count). The summed E-state index contributed by atoms with van der Waals surface area (Å²) in [6.45, 7) is 4.11. The van der Waals surface area contributed by atoms with E-state index in [4.69, 9.17) is 0 Å². The van der Waals surface area contributed by atoms with Crippen molar-refractivity contribution in [1.82, 2.24) is 9.99 Å². The van der Waals surface area contributed by atoms with E-state index in [1.807, 2.05) is 68.4 Å². The second-order valence-corrected chi connectivity index (χ2v) is 8.92. The number of halogens is 1. The molecule has 0 aliphatic carbocycles. The normalized spacial score (nSPS) is 10.7. The molecule has 8 heteroatoms. The number of hydrogen-bond acceptors (Lipinski definition) is 3. The third-order valence-electron chi connectivity index (χ3n) is 5.19. The fourth-order valence-corrected chi connectivity index (χ4v) is 4.11. The SMILES string of the molecule is Cc1cc(C)cc(NC(=O)c2cc3cc(Br)ccc3n2NC(=O)C(=O)NCc2ccccc2)c1. The third kappa shape index (κ3) is 5.35. The number of aromatic nitrogens is 1. The number of nitrogens with one attached hydrogen (secondary N) is 3. The van der Waals surface area contributed by atoms with Crippen molar-refractivity contribution < 1.29 is 14.4 Å². The van der Waals surface area contributed by atoms with Crippen molar-refractivity contribution in [3.8, 4) is 0 Å². The summed E-state index contributed by atoms with van der Waals surface area (Å²) in [5.74, 6) is -2.09. The van der Waals surface area contributed by atoms with Crippen LogP contribution in [0.4, 0.5) is 5.69 Å². The summed E-state index contributed by atoms with van der Waals surface area (Å²) in [5, 5.41) is 6.21. The molecule has 0 unspecified atom stereocenters. The average Bonchev–Trinajstić information content (AvgIpc) is 3.14. The maximum atomic E-state index is 13.2. The van der Waals surface area contributed by atoms with Gasteiger partial charge in [0.25, 0.3) is 5.91 Å². The van der Waals surface area contributed by atoms with Crippen LogP contribution in [0.25, 0.3) is 10.9 Å². The lowest BCUT2D eigenvalue weighted by Gasteiger charge is -2.13. The summed E-state index contributed by atoms with van der Waals surface area (Å²) >= 11 is 3.43. The van der Waals surface area contributed by atoms with Crippen LogP contribution in [0.1, 0.15) is 27.2 Å². The fourth-order valence-electron chi connectivity index (χ4n) is 3.73. The molecule has 7 nitrogen and oxygen atoms in total. The Labute approximate surface area is 205 Å². The van der Waals surface area contributed by atoms with Gasteiger partial charge < -0.3 is 10.6 Å².